The molecule has 0 aliphatic heterocycles. The molecule has 0 fully saturated rings. The van der Waals surface area contributed by atoms with Crippen LogP contribution in [0.4, 0.5) is 0 Å². The smallest absolute Gasteiger partial charge is 0.187 e. The number of carbonyl (C=O) groups is 1. The number of ether oxygens (including phenoxy) is 1. The van der Waals surface area contributed by atoms with E-state index in [0.717, 1.165) is 15.8 Å². The van der Waals surface area contributed by atoms with Gasteiger partial charge in [0.1, 0.15) is 11.4 Å². The van der Waals surface area contributed by atoms with Crippen LogP contribution in [0.15, 0.2) is 35.2 Å². The Kier molecular flexibility index (Phi) is 3.81. The molecule has 0 amide bonds. The minimum Gasteiger partial charge on any atom is -0.497 e. The third-order valence-electron chi connectivity index (χ3n) is 2.59. The molecule has 18 heavy (non-hydrogen) atoms. The summed E-state index contributed by atoms with van der Waals surface area (Å²) in [6, 6.07) is 5.57. The number of rotatable bonds is 4. The van der Waals surface area contributed by atoms with Crippen LogP contribution in [0.1, 0.15) is 16.1 Å². The number of imidazole rings is 1. The summed E-state index contributed by atoms with van der Waals surface area (Å²) >= 11 is 3.43. The van der Waals surface area contributed by atoms with Crippen molar-refractivity contribution in [3.05, 3.63) is 46.5 Å². The van der Waals surface area contributed by atoms with Crippen molar-refractivity contribution >= 4 is 21.7 Å². The number of ketones is 1. The summed E-state index contributed by atoms with van der Waals surface area (Å²) in [6.07, 6.45) is 3.64. The molecule has 2 rings (SSSR count). The highest BCUT2D eigenvalue weighted by molar-refractivity contribution is 9.10. The molecular weight excluding hydrogens is 296 g/mol. The largest absolute Gasteiger partial charge is 0.497 e. The molecule has 0 aliphatic rings. The first-order valence-electron chi connectivity index (χ1n) is 5.43. The van der Waals surface area contributed by atoms with Crippen molar-refractivity contribution in [2.45, 2.75) is 6.42 Å². The summed E-state index contributed by atoms with van der Waals surface area (Å²) in [5.74, 6) is 0.728. The fourth-order valence-electron chi connectivity index (χ4n) is 1.63. The second-order valence-electron chi connectivity index (χ2n) is 3.98. The zero-order valence-electron chi connectivity index (χ0n) is 10.2. The number of halogens is 1. The highest BCUT2D eigenvalue weighted by atomic mass is 79.9. The molecule has 94 valence electrons. The number of aryl methyl sites for hydroxylation is 1. The first-order chi connectivity index (χ1) is 8.60. The zero-order valence-corrected chi connectivity index (χ0v) is 11.8. The maximum absolute atomic E-state index is 12.0. The van der Waals surface area contributed by atoms with Crippen LogP contribution in [0.2, 0.25) is 0 Å². The number of benzene rings is 1. The monoisotopic (exact) mass is 308 g/mol. The second-order valence-corrected chi connectivity index (χ2v) is 4.84. The molecule has 0 bridgehead atoms. The van der Waals surface area contributed by atoms with Crippen molar-refractivity contribution in [1.29, 1.82) is 0 Å². The maximum atomic E-state index is 12.0. The number of nitrogens with zero attached hydrogens (tertiary/aromatic N) is 2. The van der Waals surface area contributed by atoms with E-state index in [1.54, 1.807) is 24.2 Å². The molecule has 0 saturated carbocycles. The normalized spacial score (nSPS) is 10.4. The van der Waals surface area contributed by atoms with Gasteiger partial charge in [-0.15, -0.1) is 0 Å². The maximum Gasteiger partial charge on any atom is 0.187 e. The Morgan fingerprint density at radius 1 is 1.50 bits per heavy atom. The van der Waals surface area contributed by atoms with Gasteiger partial charge in [-0.2, -0.15) is 0 Å². The van der Waals surface area contributed by atoms with E-state index in [2.05, 4.69) is 20.9 Å². The minimum absolute atomic E-state index is 0.00967. The lowest BCUT2D eigenvalue weighted by molar-refractivity contribution is 0.0988. The van der Waals surface area contributed by atoms with Gasteiger partial charge in [0.2, 0.25) is 0 Å². The van der Waals surface area contributed by atoms with Crippen LogP contribution in [0.5, 0.6) is 5.75 Å². The molecule has 2 aromatic rings. The SMILES string of the molecule is COc1ccc(Br)c(CC(=O)c2cn(C)cn2)c1. The van der Waals surface area contributed by atoms with E-state index in [-0.39, 0.29) is 5.78 Å². The molecule has 0 saturated heterocycles. The van der Waals surface area contributed by atoms with Crippen LogP contribution in [0.25, 0.3) is 0 Å². The lowest BCUT2D eigenvalue weighted by Crippen LogP contribution is -2.05. The van der Waals surface area contributed by atoms with E-state index in [1.165, 1.54) is 0 Å². The Morgan fingerprint density at radius 2 is 2.28 bits per heavy atom. The van der Waals surface area contributed by atoms with Crippen molar-refractivity contribution in [1.82, 2.24) is 9.55 Å². The van der Waals surface area contributed by atoms with Crippen LogP contribution in [0.3, 0.4) is 0 Å². The predicted molar refractivity (Wildman–Crippen MR) is 71.9 cm³/mol. The molecule has 1 aromatic carbocycles. The molecule has 5 heteroatoms. The minimum atomic E-state index is -0.00967. The van der Waals surface area contributed by atoms with Gasteiger partial charge in [-0.3, -0.25) is 4.79 Å². The van der Waals surface area contributed by atoms with Gasteiger partial charge in [-0.25, -0.2) is 4.98 Å². The van der Waals surface area contributed by atoms with Crippen LogP contribution >= 0.6 is 15.9 Å². The fourth-order valence-corrected chi connectivity index (χ4v) is 2.02. The van der Waals surface area contributed by atoms with Gasteiger partial charge in [-0.1, -0.05) is 15.9 Å². The van der Waals surface area contributed by atoms with Crippen molar-refractivity contribution in [3.8, 4) is 5.75 Å². The average Bonchev–Trinajstić information content (AvgIpc) is 2.79. The average molecular weight is 309 g/mol. The van der Waals surface area contributed by atoms with Gasteiger partial charge in [0.25, 0.3) is 0 Å². The quantitative estimate of drug-likeness (QED) is 0.816. The number of hydrogen-bond donors (Lipinski definition) is 0. The summed E-state index contributed by atoms with van der Waals surface area (Å²) in [4.78, 5) is 16.1. The Morgan fingerprint density at radius 3 is 2.89 bits per heavy atom. The zero-order chi connectivity index (χ0) is 13.1. The number of Topliss-reactive ketones (excluding diaryl/α,β-unsaturated/α-hetero) is 1. The van der Waals surface area contributed by atoms with E-state index in [0.29, 0.717) is 12.1 Å². The van der Waals surface area contributed by atoms with Gasteiger partial charge in [-0.05, 0) is 23.8 Å². The van der Waals surface area contributed by atoms with E-state index in [9.17, 15) is 4.79 Å². The molecule has 0 aliphatic carbocycles. The Labute approximate surface area is 114 Å². The van der Waals surface area contributed by atoms with E-state index >= 15 is 0 Å². The Hall–Kier alpha value is -1.62. The summed E-state index contributed by atoms with van der Waals surface area (Å²) in [7, 11) is 3.44. The summed E-state index contributed by atoms with van der Waals surface area (Å²) < 4.78 is 7.80. The molecule has 4 nitrogen and oxygen atoms in total. The topological polar surface area (TPSA) is 44.1 Å². The van der Waals surface area contributed by atoms with E-state index < -0.39 is 0 Å². The molecule has 1 aromatic heterocycles. The van der Waals surface area contributed by atoms with Crippen molar-refractivity contribution in [2.75, 3.05) is 7.11 Å². The Balaban J connectivity index is 2.21. The molecule has 0 unspecified atom stereocenters. The van der Waals surface area contributed by atoms with Crippen molar-refractivity contribution in [2.24, 2.45) is 7.05 Å². The molecule has 0 radical (unpaired) electrons. The Bertz CT molecular complexity index is 578. The second kappa shape index (κ2) is 5.35. The van der Waals surface area contributed by atoms with E-state index in [1.807, 2.05) is 25.2 Å². The lowest BCUT2D eigenvalue weighted by Gasteiger charge is -2.05. The fraction of sp³-hybridized carbons (Fsp3) is 0.231. The van der Waals surface area contributed by atoms with Crippen LogP contribution in [0, 0.1) is 0 Å². The lowest BCUT2D eigenvalue weighted by atomic mass is 10.1. The van der Waals surface area contributed by atoms with Gasteiger partial charge < -0.3 is 9.30 Å². The van der Waals surface area contributed by atoms with Crippen molar-refractivity contribution < 1.29 is 9.53 Å². The van der Waals surface area contributed by atoms with Crippen LogP contribution in [-0.4, -0.2) is 22.4 Å². The highest BCUT2D eigenvalue weighted by Crippen LogP contribution is 2.23. The van der Waals surface area contributed by atoms with E-state index in [4.69, 9.17) is 4.74 Å². The number of methoxy groups -OCH3 is 1. The first kappa shape index (κ1) is 12.8. The summed E-state index contributed by atoms with van der Waals surface area (Å²) in [6.45, 7) is 0. The van der Waals surface area contributed by atoms with Crippen LogP contribution < -0.4 is 4.74 Å². The standard InChI is InChI=1S/C13H13BrN2O2/c1-16-7-12(15-8-16)13(17)6-9-5-10(18-2)3-4-11(9)14/h3-5,7-8H,6H2,1-2H3. The molecule has 0 atom stereocenters. The molecule has 1 heterocycles. The highest BCUT2D eigenvalue weighted by Gasteiger charge is 2.12. The van der Waals surface area contributed by atoms with Gasteiger partial charge in [0.15, 0.2) is 5.78 Å². The van der Waals surface area contributed by atoms with Crippen molar-refractivity contribution in [3.63, 3.8) is 0 Å². The third-order valence-corrected chi connectivity index (χ3v) is 3.37. The third kappa shape index (κ3) is 2.79. The predicted octanol–water partition coefficient (Wildman–Crippen LogP) is 2.62. The first-order valence-corrected chi connectivity index (χ1v) is 6.23. The number of aromatic nitrogens is 2. The number of carbonyl (C=O) groups excluding carboxylic acids is 1. The summed E-state index contributed by atoms with van der Waals surface area (Å²) in [5.41, 5.74) is 1.37. The molecule has 0 spiro atoms. The van der Waals surface area contributed by atoms with Gasteiger partial charge in [0, 0.05) is 24.1 Å². The molecular formula is C13H13BrN2O2. The van der Waals surface area contributed by atoms with Crippen LogP contribution in [-0.2, 0) is 13.5 Å². The number of hydrogen-bond acceptors (Lipinski definition) is 3. The van der Waals surface area contributed by atoms with Gasteiger partial charge >= 0.3 is 0 Å². The summed E-state index contributed by atoms with van der Waals surface area (Å²) in [5, 5.41) is 0. The molecule has 0 N–H and O–H groups in total. The van der Waals surface area contributed by atoms with Gasteiger partial charge in [0.05, 0.1) is 13.4 Å².